The summed E-state index contributed by atoms with van der Waals surface area (Å²) in [5.41, 5.74) is 3.33. The average Bonchev–Trinajstić information content (AvgIpc) is 3.50. The molecule has 2 unspecified atom stereocenters. The first-order chi connectivity index (χ1) is 15.9. The highest BCUT2D eigenvalue weighted by molar-refractivity contribution is 5.92. The molecule has 0 spiro atoms. The van der Waals surface area contributed by atoms with Crippen molar-refractivity contribution < 1.29 is 14.3 Å². The summed E-state index contributed by atoms with van der Waals surface area (Å²) in [6.07, 6.45) is 5.78. The first kappa shape index (κ1) is 23.7. The summed E-state index contributed by atoms with van der Waals surface area (Å²) < 4.78 is 5.38. The molecule has 3 fully saturated rings. The van der Waals surface area contributed by atoms with Crippen LogP contribution in [-0.2, 0) is 20.9 Å². The van der Waals surface area contributed by atoms with Gasteiger partial charge in [0.05, 0.1) is 11.6 Å². The van der Waals surface area contributed by atoms with Gasteiger partial charge in [0.2, 0.25) is 11.8 Å². The molecular weight excluding hydrogens is 416 g/mol. The normalized spacial score (nSPS) is 24.1. The van der Waals surface area contributed by atoms with E-state index in [9.17, 15) is 14.9 Å². The molecule has 4 rings (SSSR count). The lowest BCUT2D eigenvalue weighted by Crippen LogP contribution is -2.54. The van der Waals surface area contributed by atoms with Gasteiger partial charge in [-0.1, -0.05) is 12.8 Å². The molecule has 1 N–H and O–H groups in total. The Labute approximate surface area is 197 Å². The summed E-state index contributed by atoms with van der Waals surface area (Å²) in [4.78, 5) is 29.9. The Kier molecular flexibility index (Phi) is 7.67. The minimum atomic E-state index is -0.0256. The number of piperazine rings is 1. The van der Waals surface area contributed by atoms with Crippen molar-refractivity contribution >= 4 is 17.5 Å². The van der Waals surface area contributed by atoms with E-state index in [0.717, 1.165) is 62.3 Å². The van der Waals surface area contributed by atoms with Crippen LogP contribution >= 0.6 is 0 Å². The Morgan fingerprint density at radius 1 is 1.21 bits per heavy atom. The number of benzene rings is 1. The fourth-order valence-electron chi connectivity index (χ4n) is 5.49. The summed E-state index contributed by atoms with van der Waals surface area (Å²) in [6, 6.07) is 6.11. The lowest BCUT2D eigenvalue weighted by atomic mass is 10.00. The van der Waals surface area contributed by atoms with Crippen molar-refractivity contribution in [1.29, 1.82) is 5.26 Å². The molecule has 2 saturated heterocycles. The molecule has 2 heterocycles. The summed E-state index contributed by atoms with van der Waals surface area (Å²) in [5.74, 6) is 0.798. The number of anilines is 1. The minimum absolute atomic E-state index is 0.0256. The van der Waals surface area contributed by atoms with Crippen molar-refractivity contribution in [2.24, 2.45) is 11.8 Å². The Bertz CT molecular complexity index is 913. The number of ether oxygens (including phenoxy) is 1. The van der Waals surface area contributed by atoms with Gasteiger partial charge in [0.25, 0.3) is 0 Å². The van der Waals surface area contributed by atoms with E-state index in [-0.39, 0.29) is 23.8 Å². The summed E-state index contributed by atoms with van der Waals surface area (Å²) in [7, 11) is 0. The zero-order valence-electron chi connectivity index (χ0n) is 19.9. The number of hydrogen-bond acceptors (Lipinski definition) is 5. The number of carbonyl (C=O) groups is 2. The number of amides is 2. The van der Waals surface area contributed by atoms with Crippen molar-refractivity contribution in [2.45, 2.75) is 65.0 Å². The van der Waals surface area contributed by atoms with E-state index in [4.69, 9.17) is 4.74 Å². The van der Waals surface area contributed by atoms with E-state index in [0.29, 0.717) is 31.0 Å². The second-order valence-electron chi connectivity index (χ2n) is 10.00. The van der Waals surface area contributed by atoms with E-state index < -0.39 is 0 Å². The first-order valence-electron chi connectivity index (χ1n) is 12.4. The quantitative estimate of drug-likeness (QED) is 0.714. The Balaban J connectivity index is 1.40. The van der Waals surface area contributed by atoms with Crippen molar-refractivity contribution in [1.82, 2.24) is 9.80 Å². The third-order valence-electron chi connectivity index (χ3n) is 7.51. The van der Waals surface area contributed by atoms with Gasteiger partial charge in [-0.2, -0.15) is 5.26 Å². The lowest BCUT2D eigenvalue weighted by molar-refractivity contribution is -0.140. The van der Waals surface area contributed by atoms with Crippen LogP contribution in [0.25, 0.3) is 0 Å². The van der Waals surface area contributed by atoms with Crippen LogP contribution in [0.15, 0.2) is 12.1 Å². The van der Waals surface area contributed by atoms with Crippen LogP contribution in [0.5, 0.6) is 0 Å². The van der Waals surface area contributed by atoms with Gasteiger partial charge < -0.3 is 15.0 Å². The smallest absolute Gasteiger partial charge is 0.226 e. The predicted molar refractivity (Wildman–Crippen MR) is 126 cm³/mol. The Morgan fingerprint density at radius 3 is 2.67 bits per heavy atom. The largest absolute Gasteiger partial charge is 0.381 e. The highest BCUT2D eigenvalue weighted by Gasteiger charge is 2.33. The number of nitrogens with one attached hydrogen (secondary N) is 1. The maximum atomic E-state index is 12.9. The fraction of sp³-hybridized carbons (Fsp3) is 0.654. The molecule has 0 bridgehead atoms. The second kappa shape index (κ2) is 10.7. The third-order valence-corrected chi connectivity index (χ3v) is 7.51. The molecule has 2 amide bonds. The van der Waals surface area contributed by atoms with Crippen LogP contribution < -0.4 is 5.32 Å². The van der Waals surface area contributed by atoms with Gasteiger partial charge in [0, 0.05) is 63.5 Å². The second-order valence-corrected chi connectivity index (χ2v) is 10.00. The monoisotopic (exact) mass is 452 g/mol. The van der Waals surface area contributed by atoms with Crippen LogP contribution in [0.3, 0.4) is 0 Å². The van der Waals surface area contributed by atoms with Crippen LogP contribution in [0.4, 0.5) is 5.69 Å². The number of carbonyl (C=O) groups excluding carboxylic acids is 2. The van der Waals surface area contributed by atoms with E-state index in [2.05, 4.69) is 28.1 Å². The van der Waals surface area contributed by atoms with E-state index in [1.807, 2.05) is 13.0 Å². The molecule has 0 radical (unpaired) electrons. The molecule has 1 saturated carbocycles. The summed E-state index contributed by atoms with van der Waals surface area (Å²) in [6.45, 7) is 8.60. The number of hydrogen-bond donors (Lipinski definition) is 1. The molecular formula is C26H36N4O3. The van der Waals surface area contributed by atoms with Gasteiger partial charge in [0.15, 0.2) is 0 Å². The lowest BCUT2D eigenvalue weighted by Gasteiger charge is -2.41. The van der Waals surface area contributed by atoms with Crippen molar-refractivity contribution in [3.05, 3.63) is 28.8 Å². The predicted octanol–water partition coefficient (Wildman–Crippen LogP) is 3.45. The highest BCUT2D eigenvalue weighted by Crippen LogP contribution is 2.29. The summed E-state index contributed by atoms with van der Waals surface area (Å²) in [5, 5.41) is 12.6. The van der Waals surface area contributed by atoms with Gasteiger partial charge in [-0.05, 0) is 62.3 Å². The molecule has 3 aliphatic rings. The molecule has 7 nitrogen and oxygen atoms in total. The van der Waals surface area contributed by atoms with Crippen LogP contribution in [0.1, 0.15) is 62.1 Å². The van der Waals surface area contributed by atoms with Gasteiger partial charge in [-0.25, -0.2) is 0 Å². The Hall–Kier alpha value is -2.43. The fourth-order valence-corrected chi connectivity index (χ4v) is 5.49. The zero-order valence-corrected chi connectivity index (χ0v) is 19.9. The maximum absolute atomic E-state index is 12.9. The topological polar surface area (TPSA) is 85.7 Å². The zero-order chi connectivity index (χ0) is 23.4. The summed E-state index contributed by atoms with van der Waals surface area (Å²) >= 11 is 0. The maximum Gasteiger partial charge on any atom is 0.226 e. The highest BCUT2D eigenvalue weighted by atomic mass is 16.5. The SMILES string of the molecule is Cc1c(CN2CCN(C(=O)C3CCCC3)C(C)C2)cc(C#N)cc1NC(=O)CC1CCOC1. The number of nitriles is 1. The molecule has 1 aromatic carbocycles. The molecule has 178 valence electrons. The number of rotatable bonds is 6. The molecule has 0 aromatic heterocycles. The molecule has 1 aromatic rings. The van der Waals surface area contributed by atoms with Crippen LogP contribution in [-0.4, -0.2) is 60.5 Å². The molecule has 2 aliphatic heterocycles. The van der Waals surface area contributed by atoms with E-state index in [1.54, 1.807) is 6.07 Å². The molecule has 7 heteroatoms. The van der Waals surface area contributed by atoms with Crippen molar-refractivity contribution in [2.75, 3.05) is 38.2 Å². The van der Waals surface area contributed by atoms with Crippen molar-refractivity contribution in [3.8, 4) is 6.07 Å². The molecule has 1 aliphatic carbocycles. The molecule has 2 atom stereocenters. The van der Waals surface area contributed by atoms with Gasteiger partial charge in [-0.15, -0.1) is 0 Å². The van der Waals surface area contributed by atoms with Gasteiger partial charge in [-0.3, -0.25) is 14.5 Å². The standard InChI is InChI=1S/C26H36N4O3/c1-18-15-29(8-9-30(18)26(32)22-5-3-4-6-22)16-23-11-21(14-27)12-24(19(23)2)28-25(31)13-20-7-10-33-17-20/h11-12,18,20,22H,3-10,13,15-17H2,1-2H3,(H,28,31). The Morgan fingerprint density at radius 2 is 2.00 bits per heavy atom. The third kappa shape index (κ3) is 5.74. The van der Waals surface area contributed by atoms with Crippen LogP contribution in [0, 0.1) is 30.1 Å². The van der Waals surface area contributed by atoms with E-state index >= 15 is 0 Å². The van der Waals surface area contributed by atoms with E-state index in [1.165, 1.54) is 12.8 Å². The van der Waals surface area contributed by atoms with Crippen LogP contribution in [0.2, 0.25) is 0 Å². The minimum Gasteiger partial charge on any atom is -0.381 e. The average molecular weight is 453 g/mol. The van der Waals surface area contributed by atoms with Gasteiger partial charge >= 0.3 is 0 Å². The van der Waals surface area contributed by atoms with Gasteiger partial charge in [0.1, 0.15) is 0 Å². The number of nitrogens with zero attached hydrogens (tertiary/aromatic N) is 3. The first-order valence-corrected chi connectivity index (χ1v) is 12.4. The molecule has 33 heavy (non-hydrogen) atoms. The van der Waals surface area contributed by atoms with Crippen molar-refractivity contribution in [3.63, 3.8) is 0 Å².